The van der Waals surface area contributed by atoms with Crippen LogP contribution >= 0.6 is 0 Å². The Morgan fingerprint density at radius 2 is 1.80 bits per heavy atom. The lowest BCUT2D eigenvalue weighted by Gasteiger charge is -2.15. The van der Waals surface area contributed by atoms with E-state index in [0.717, 1.165) is 4.90 Å². The van der Waals surface area contributed by atoms with Gasteiger partial charge in [0.25, 0.3) is 11.8 Å². The standard InChI is InChI=1S/C14H16N2O4/c1-9(8-17)15-12(18)6-7-16-13(19)10-4-2-3-5-11(10)14(16)20/h2-5,9,17H,6-8H2,1H3,(H,15,18). The molecule has 106 valence electrons. The third kappa shape index (κ3) is 2.70. The van der Waals surface area contributed by atoms with E-state index in [1.165, 1.54) is 0 Å². The van der Waals surface area contributed by atoms with Gasteiger partial charge >= 0.3 is 0 Å². The molecule has 1 atom stereocenters. The number of amides is 3. The predicted molar refractivity (Wildman–Crippen MR) is 71.1 cm³/mol. The molecule has 0 aliphatic carbocycles. The van der Waals surface area contributed by atoms with Crippen LogP contribution in [0.1, 0.15) is 34.1 Å². The Morgan fingerprint density at radius 1 is 1.25 bits per heavy atom. The van der Waals surface area contributed by atoms with Gasteiger partial charge in [0.1, 0.15) is 0 Å². The Bertz CT molecular complexity index is 521. The molecule has 0 bridgehead atoms. The first-order chi connectivity index (χ1) is 9.54. The van der Waals surface area contributed by atoms with Gasteiger partial charge in [0.2, 0.25) is 5.91 Å². The van der Waals surface area contributed by atoms with Gasteiger partial charge in [-0.3, -0.25) is 19.3 Å². The molecule has 1 aliphatic rings. The summed E-state index contributed by atoms with van der Waals surface area (Å²) in [5, 5.41) is 11.4. The Kier molecular flexibility index (Phi) is 4.14. The van der Waals surface area contributed by atoms with Gasteiger partial charge < -0.3 is 10.4 Å². The zero-order valence-corrected chi connectivity index (χ0v) is 11.1. The molecule has 1 aromatic rings. The van der Waals surface area contributed by atoms with E-state index in [9.17, 15) is 14.4 Å². The van der Waals surface area contributed by atoms with E-state index in [-0.39, 0.29) is 43.3 Å². The van der Waals surface area contributed by atoms with E-state index in [1.807, 2.05) is 0 Å². The minimum atomic E-state index is -0.367. The molecule has 0 spiro atoms. The average molecular weight is 276 g/mol. The van der Waals surface area contributed by atoms with Gasteiger partial charge in [-0.25, -0.2) is 0 Å². The number of nitrogens with zero attached hydrogens (tertiary/aromatic N) is 1. The van der Waals surface area contributed by atoms with Crippen LogP contribution in [0.25, 0.3) is 0 Å². The summed E-state index contributed by atoms with van der Waals surface area (Å²) in [6.07, 6.45) is 0.0236. The summed E-state index contributed by atoms with van der Waals surface area (Å²) >= 11 is 0. The van der Waals surface area contributed by atoms with E-state index < -0.39 is 0 Å². The van der Waals surface area contributed by atoms with Crippen LogP contribution in [0, 0.1) is 0 Å². The minimum absolute atomic E-state index is 0.0236. The van der Waals surface area contributed by atoms with Crippen molar-refractivity contribution in [3.05, 3.63) is 35.4 Å². The smallest absolute Gasteiger partial charge is 0.261 e. The molecule has 0 saturated heterocycles. The van der Waals surface area contributed by atoms with Gasteiger partial charge in [0, 0.05) is 19.0 Å². The van der Waals surface area contributed by atoms with Gasteiger partial charge in [0.15, 0.2) is 0 Å². The van der Waals surface area contributed by atoms with Crippen LogP contribution in [0.4, 0.5) is 0 Å². The topological polar surface area (TPSA) is 86.7 Å². The lowest BCUT2D eigenvalue weighted by molar-refractivity contribution is -0.122. The number of imide groups is 1. The molecule has 1 unspecified atom stereocenters. The van der Waals surface area contributed by atoms with Crippen LogP contribution in [0.5, 0.6) is 0 Å². The second-order valence-corrected chi connectivity index (χ2v) is 4.71. The molecule has 2 rings (SSSR count). The molecule has 1 aliphatic heterocycles. The minimum Gasteiger partial charge on any atom is -0.394 e. The number of hydrogen-bond donors (Lipinski definition) is 2. The van der Waals surface area contributed by atoms with Crippen molar-refractivity contribution in [2.24, 2.45) is 0 Å². The summed E-state index contributed by atoms with van der Waals surface area (Å²) < 4.78 is 0. The van der Waals surface area contributed by atoms with Gasteiger partial charge in [-0.2, -0.15) is 0 Å². The summed E-state index contributed by atoms with van der Waals surface area (Å²) in [6.45, 7) is 1.55. The molecule has 1 aromatic carbocycles. The molecule has 3 amide bonds. The van der Waals surface area contributed by atoms with Crippen LogP contribution in [-0.2, 0) is 4.79 Å². The van der Waals surface area contributed by atoms with Crippen molar-refractivity contribution in [1.29, 1.82) is 0 Å². The van der Waals surface area contributed by atoms with Crippen LogP contribution in [0.3, 0.4) is 0 Å². The van der Waals surface area contributed by atoms with Gasteiger partial charge in [-0.05, 0) is 19.1 Å². The van der Waals surface area contributed by atoms with Crippen LogP contribution in [0.15, 0.2) is 24.3 Å². The molecule has 0 fully saturated rings. The first-order valence-electron chi connectivity index (χ1n) is 6.40. The Morgan fingerprint density at radius 3 is 2.30 bits per heavy atom. The maximum atomic E-state index is 12.0. The van der Waals surface area contributed by atoms with Crippen molar-refractivity contribution < 1.29 is 19.5 Å². The molecule has 0 radical (unpaired) electrons. The van der Waals surface area contributed by atoms with Crippen molar-refractivity contribution in [3.63, 3.8) is 0 Å². The number of benzene rings is 1. The van der Waals surface area contributed by atoms with Crippen molar-refractivity contribution in [1.82, 2.24) is 10.2 Å². The second kappa shape index (κ2) is 5.83. The maximum Gasteiger partial charge on any atom is 0.261 e. The predicted octanol–water partition coefficient (Wildman–Crippen LogP) is 0.170. The molecule has 0 saturated carbocycles. The van der Waals surface area contributed by atoms with Crippen molar-refractivity contribution >= 4 is 17.7 Å². The van der Waals surface area contributed by atoms with E-state index in [0.29, 0.717) is 11.1 Å². The van der Waals surface area contributed by atoms with Crippen LogP contribution in [0.2, 0.25) is 0 Å². The average Bonchev–Trinajstić information content (AvgIpc) is 2.69. The Hall–Kier alpha value is -2.21. The molecular formula is C14H16N2O4. The van der Waals surface area contributed by atoms with Gasteiger partial charge in [-0.1, -0.05) is 12.1 Å². The SMILES string of the molecule is CC(CO)NC(=O)CCN1C(=O)c2ccccc2C1=O. The van der Waals surface area contributed by atoms with E-state index in [1.54, 1.807) is 31.2 Å². The number of rotatable bonds is 5. The summed E-state index contributed by atoms with van der Waals surface area (Å²) in [4.78, 5) is 36.7. The summed E-state index contributed by atoms with van der Waals surface area (Å²) in [6, 6.07) is 6.25. The molecular weight excluding hydrogens is 260 g/mol. The monoisotopic (exact) mass is 276 g/mol. The highest BCUT2D eigenvalue weighted by molar-refractivity contribution is 6.21. The fourth-order valence-electron chi connectivity index (χ4n) is 2.05. The quantitative estimate of drug-likeness (QED) is 0.751. The first kappa shape index (κ1) is 14.2. The zero-order valence-electron chi connectivity index (χ0n) is 11.1. The molecule has 2 N–H and O–H groups in total. The van der Waals surface area contributed by atoms with Crippen molar-refractivity contribution in [2.75, 3.05) is 13.2 Å². The lowest BCUT2D eigenvalue weighted by atomic mass is 10.1. The third-order valence-electron chi connectivity index (χ3n) is 3.12. The van der Waals surface area contributed by atoms with Gasteiger partial charge in [-0.15, -0.1) is 0 Å². The lowest BCUT2D eigenvalue weighted by Crippen LogP contribution is -2.38. The zero-order chi connectivity index (χ0) is 14.7. The number of hydrogen-bond acceptors (Lipinski definition) is 4. The van der Waals surface area contributed by atoms with Crippen molar-refractivity contribution in [3.8, 4) is 0 Å². The number of aliphatic hydroxyl groups excluding tert-OH is 1. The number of nitrogens with one attached hydrogen (secondary N) is 1. The van der Waals surface area contributed by atoms with Gasteiger partial charge in [0.05, 0.1) is 17.7 Å². The summed E-state index contributed by atoms with van der Waals surface area (Å²) in [7, 11) is 0. The Labute approximate surface area is 116 Å². The number of fused-ring (bicyclic) bond motifs is 1. The van der Waals surface area contributed by atoms with E-state index in [4.69, 9.17) is 5.11 Å². The maximum absolute atomic E-state index is 12.0. The molecule has 0 aromatic heterocycles. The third-order valence-corrected chi connectivity index (χ3v) is 3.12. The highest BCUT2D eigenvalue weighted by atomic mass is 16.3. The number of carbonyl (C=O) groups is 3. The van der Waals surface area contributed by atoms with Crippen LogP contribution < -0.4 is 5.32 Å². The molecule has 1 heterocycles. The fourth-order valence-corrected chi connectivity index (χ4v) is 2.05. The number of aliphatic hydroxyl groups is 1. The van der Waals surface area contributed by atoms with E-state index >= 15 is 0 Å². The number of carbonyl (C=O) groups excluding carboxylic acids is 3. The molecule has 20 heavy (non-hydrogen) atoms. The van der Waals surface area contributed by atoms with E-state index in [2.05, 4.69) is 5.32 Å². The van der Waals surface area contributed by atoms with Crippen LogP contribution in [-0.4, -0.2) is 46.9 Å². The fraction of sp³-hybridized carbons (Fsp3) is 0.357. The van der Waals surface area contributed by atoms with Crippen molar-refractivity contribution in [2.45, 2.75) is 19.4 Å². The largest absolute Gasteiger partial charge is 0.394 e. The second-order valence-electron chi connectivity index (χ2n) is 4.71. The summed E-state index contributed by atoms with van der Waals surface area (Å²) in [5.74, 6) is -1.04. The molecule has 6 nitrogen and oxygen atoms in total. The Balaban J connectivity index is 1.97. The highest BCUT2D eigenvalue weighted by Gasteiger charge is 2.34. The summed E-state index contributed by atoms with van der Waals surface area (Å²) in [5.41, 5.74) is 0.753. The molecule has 6 heteroatoms. The normalized spacial score (nSPS) is 15.2. The highest BCUT2D eigenvalue weighted by Crippen LogP contribution is 2.22. The first-order valence-corrected chi connectivity index (χ1v) is 6.40.